The summed E-state index contributed by atoms with van der Waals surface area (Å²) in [5.41, 5.74) is 2.19. The van der Waals surface area contributed by atoms with Crippen molar-refractivity contribution in [1.29, 1.82) is 0 Å². The molecular weight excluding hydrogens is 352 g/mol. The van der Waals surface area contributed by atoms with Gasteiger partial charge in [-0.2, -0.15) is 4.98 Å². The Hall–Kier alpha value is -2.12. The van der Waals surface area contributed by atoms with Crippen LogP contribution in [0.3, 0.4) is 0 Å². The van der Waals surface area contributed by atoms with Crippen molar-refractivity contribution in [3.8, 4) is 10.7 Å². The Labute approximate surface area is 154 Å². The lowest BCUT2D eigenvalue weighted by atomic mass is 10.2. The minimum Gasteiger partial charge on any atom is -0.338 e. The zero-order valence-corrected chi connectivity index (χ0v) is 15.7. The van der Waals surface area contributed by atoms with Crippen molar-refractivity contribution in [3.05, 3.63) is 47.7 Å². The summed E-state index contributed by atoms with van der Waals surface area (Å²) in [5, 5.41) is 7.07. The maximum Gasteiger partial charge on any atom is 0.237 e. The van der Waals surface area contributed by atoms with E-state index in [4.69, 9.17) is 9.51 Å². The van der Waals surface area contributed by atoms with E-state index in [0.717, 1.165) is 22.1 Å². The summed E-state index contributed by atoms with van der Waals surface area (Å²) in [5.74, 6) is 2.43. The molecule has 0 atom stereocenters. The first-order chi connectivity index (χ1) is 12.2. The average molecular weight is 371 g/mol. The van der Waals surface area contributed by atoms with E-state index in [9.17, 15) is 0 Å². The molecule has 0 aliphatic heterocycles. The number of hydrogen-bond acceptors (Lipinski definition) is 6. The van der Waals surface area contributed by atoms with Gasteiger partial charge in [-0.1, -0.05) is 49.0 Å². The highest BCUT2D eigenvalue weighted by Gasteiger charge is 2.15. The second kappa shape index (κ2) is 7.01. The van der Waals surface area contributed by atoms with Gasteiger partial charge in [0.25, 0.3) is 0 Å². The quantitative estimate of drug-likeness (QED) is 0.442. The third-order valence-electron chi connectivity index (χ3n) is 3.70. The number of hydrogen-bond donors (Lipinski definition) is 0. The Morgan fingerprint density at radius 2 is 2.04 bits per heavy atom. The molecule has 0 bridgehead atoms. The van der Waals surface area contributed by atoms with Crippen LogP contribution < -0.4 is 0 Å². The Bertz CT molecular complexity index is 972. The molecule has 25 heavy (non-hydrogen) atoms. The maximum atomic E-state index is 5.39. The van der Waals surface area contributed by atoms with Crippen molar-refractivity contribution in [2.45, 2.75) is 31.3 Å². The smallest absolute Gasteiger partial charge is 0.237 e. The van der Waals surface area contributed by atoms with Gasteiger partial charge < -0.3 is 9.09 Å². The van der Waals surface area contributed by atoms with Crippen molar-refractivity contribution in [2.24, 2.45) is 5.92 Å². The molecule has 0 spiro atoms. The van der Waals surface area contributed by atoms with E-state index < -0.39 is 0 Å². The minimum atomic E-state index is 0.547. The van der Waals surface area contributed by atoms with E-state index in [0.29, 0.717) is 23.4 Å². The molecule has 3 aromatic heterocycles. The molecule has 0 N–H and O–H groups in total. The highest BCUT2D eigenvalue weighted by Crippen LogP contribution is 2.28. The highest BCUT2D eigenvalue weighted by molar-refractivity contribution is 7.98. The Kier molecular flexibility index (Phi) is 4.59. The first kappa shape index (κ1) is 16.4. The standard InChI is InChI=1S/C18H18N4OS2/c1-12(2)10-22-14-7-4-3-6-13(14)19-18(22)25-11-16-20-17(21-23-16)15-8-5-9-24-15/h3-9,12H,10-11H2,1-2H3. The van der Waals surface area contributed by atoms with E-state index in [2.05, 4.69) is 46.8 Å². The van der Waals surface area contributed by atoms with Crippen LogP contribution in [0.15, 0.2) is 51.5 Å². The normalized spacial score (nSPS) is 11.6. The lowest BCUT2D eigenvalue weighted by molar-refractivity contribution is 0.391. The number of thioether (sulfide) groups is 1. The van der Waals surface area contributed by atoms with Gasteiger partial charge in [0.05, 0.1) is 21.7 Å². The predicted octanol–water partition coefficient (Wildman–Crippen LogP) is 5.10. The third kappa shape index (κ3) is 3.48. The Morgan fingerprint density at radius 3 is 2.84 bits per heavy atom. The lowest BCUT2D eigenvalue weighted by Gasteiger charge is -2.10. The Morgan fingerprint density at radius 1 is 1.16 bits per heavy atom. The summed E-state index contributed by atoms with van der Waals surface area (Å²) in [6.07, 6.45) is 0. The van der Waals surface area contributed by atoms with Gasteiger partial charge >= 0.3 is 0 Å². The molecule has 128 valence electrons. The summed E-state index contributed by atoms with van der Waals surface area (Å²) in [6, 6.07) is 12.2. The SMILES string of the molecule is CC(C)Cn1c(SCc2nc(-c3cccs3)no2)nc2ccccc21. The third-order valence-corrected chi connectivity index (χ3v) is 5.53. The molecule has 0 amide bonds. The van der Waals surface area contributed by atoms with Crippen molar-refractivity contribution < 1.29 is 4.52 Å². The summed E-state index contributed by atoms with van der Waals surface area (Å²) in [4.78, 5) is 10.3. The van der Waals surface area contributed by atoms with Gasteiger partial charge in [-0.3, -0.25) is 0 Å². The molecule has 7 heteroatoms. The number of para-hydroxylation sites is 2. The molecule has 0 saturated carbocycles. The van der Waals surface area contributed by atoms with Gasteiger partial charge in [0.15, 0.2) is 5.16 Å². The van der Waals surface area contributed by atoms with E-state index >= 15 is 0 Å². The van der Waals surface area contributed by atoms with E-state index in [-0.39, 0.29) is 0 Å². The number of rotatable bonds is 6. The fourth-order valence-electron chi connectivity index (χ4n) is 2.65. The van der Waals surface area contributed by atoms with Gasteiger partial charge in [0.1, 0.15) is 0 Å². The lowest BCUT2D eigenvalue weighted by Crippen LogP contribution is -2.05. The van der Waals surface area contributed by atoms with Gasteiger partial charge in [0, 0.05) is 6.54 Å². The second-order valence-electron chi connectivity index (χ2n) is 6.17. The first-order valence-corrected chi connectivity index (χ1v) is 10.0. The molecule has 4 aromatic rings. The van der Waals surface area contributed by atoms with Gasteiger partial charge in [-0.05, 0) is 29.5 Å². The minimum absolute atomic E-state index is 0.547. The monoisotopic (exact) mass is 370 g/mol. The van der Waals surface area contributed by atoms with Crippen molar-refractivity contribution >= 4 is 34.1 Å². The highest BCUT2D eigenvalue weighted by atomic mass is 32.2. The van der Waals surface area contributed by atoms with Crippen LogP contribution in [0.4, 0.5) is 0 Å². The van der Waals surface area contributed by atoms with Crippen molar-refractivity contribution in [1.82, 2.24) is 19.7 Å². The first-order valence-electron chi connectivity index (χ1n) is 8.15. The van der Waals surface area contributed by atoms with Crippen LogP contribution in [0.5, 0.6) is 0 Å². The largest absolute Gasteiger partial charge is 0.338 e. The fourth-order valence-corrected chi connectivity index (χ4v) is 4.16. The van der Waals surface area contributed by atoms with Crippen molar-refractivity contribution in [2.75, 3.05) is 0 Å². The summed E-state index contributed by atoms with van der Waals surface area (Å²) >= 11 is 3.25. The van der Waals surface area contributed by atoms with Crippen LogP contribution in [0.2, 0.25) is 0 Å². The van der Waals surface area contributed by atoms with Crippen molar-refractivity contribution in [3.63, 3.8) is 0 Å². The second-order valence-corrected chi connectivity index (χ2v) is 8.06. The number of fused-ring (bicyclic) bond motifs is 1. The molecule has 0 saturated heterocycles. The molecule has 0 aliphatic carbocycles. The molecule has 0 aliphatic rings. The fraction of sp³-hybridized carbons (Fsp3) is 0.278. The van der Waals surface area contributed by atoms with Crippen LogP contribution in [0, 0.1) is 5.92 Å². The predicted molar refractivity (Wildman–Crippen MR) is 102 cm³/mol. The maximum absolute atomic E-state index is 5.39. The van der Waals surface area contributed by atoms with E-state index in [1.165, 1.54) is 5.52 Å². The van der Waals surface area contributed by atoms with Crippen LogP contribution in [0.25, 0.3) is 21.7 Å². The number of imidazole rings is 1. The summed E-state index contributed by atoms with van der Waals surface area (Å²) in [6.45, 7) is 5.37. The molecule has 1 aromatic carbocycles. The molecule has 3 heterocycles. The van der Waals surface area contributed by atoms with Gasteiger partial charge in [-0.25, -0.2) is 4.98 Å². The van der Waals surface area contributed by atoms with E-state index in [1.807, 2.05) is 23.6 Å². The van der Waals surface area contributed by atoms with Crippen LogP contribution in [0.1, 0.15) is 19.7 Å². The van der Waals surface area contributed by atoms with Crippen LogP contribution in [-0.2, 0) is 12.3 Å². The average Bonchev–Trinajstić information content (AvgIpc) is 3.33. The van der Waals surface area contributed by atoms with Crippen LogP contribution in [-0.4, -0.2) is 19.7 Å². The topological polar surface area (TPSA) is 56.7 Å². The van der Waals surface area contributed by atoms with E-state index in [1.54, 1.807) is 23.1 Å². The zero-order valence-electron chi connectivity index (χ0n) is 14.0. The number of benzene rings is 1. The summed E-state index contributed by atoms with van der Waals surface area (Å²) < 4.78 is 7.67. The number of thiophene rings is 1. The van der Waals surface area contributed by atoms with Gasteiger partial charge in [0.2, 0.25) is 11.7 Å². The zero-order chi connectivity index (χ0) is 17.2. The molecule has 4 rings (SSSR count). The Balaban J connectivity index is 1.56. The number of nitrogens with zero attached hydrogens (tertiary/aromatic N) is 4. The van der Waals surface area contributed by atoms with Crippen LogP contribution >= 0.6 is 23.1 Å². The molecule has 0 unspecified atom stereocenters. The molecule has 0 fully saturated rings. The molecule has 5 nitrogen and oxygen atoms in total. The number of aromatic nitrogens is 4. The molecular formula is C18H18N4OS2. The summed E-state index contributed by atoms with van der Waals surface area (Å²) in [7, 11) is 0. The van der Waals surface area contributed by atoms with Gasteiger partial charge in [-0.15, -0.1) is 11.3 Å². The molecule has 0 radical (unpaired) electrons.